The third-order valence-corrected chi connectivity index (χ3v) is 11.0. The van der Waals surface area contributed by atoms with Crippen LogP contribution in [0.5, 0.6) is 0 Å². The molecule has 0 aliphatic rings. The summed E-state index contributed by atoms with van der Waals surface area (Å²) in [6, 6.07) is 60.6. The highest BCUT2D eigenvalue weighted by Gasteiger charge is 2.31. The zero-order valence-corrected chi connectivity index (χ0v) is 28.8. The first-order valence-corrected chi connectivity index (χ1v) is 17.9. The summed E-state index contributed by atoms with van der Waals surface area (Å²) >= 11 is 1.86. The molecule has 50 heavy (non-hydrogen) atoms. The molecule has 9 aromatic rings. The van der Waals surface area contributed by atoms with Gasteiger partial charge in [-0.1, -0.05) is 140 Å². The number of aromatic nitrogens is 2. The summed E-state index contributed by atoms with van der Waals surface area (Å²) in [6.07, 6.45) is 0. The number of nitrogens with zero attached hydrogens (tertiary/aromatic N) is 2. The van der Waals surface area contributed by atoms with Gasteiger partial charge in [-0.25, -0.2) is 0 Å². The number of pyridine rings is 2. The van der Waals surface area contributed by atoms with Crippen molar-refractivity contribution in [1.29, 1.82) is 0 Å². The van der Waals surface area contributed by atoms with Crippen LogP contribution >= 0.6 is 11.3 Å². The number of hydrogen-bond acceptors (Lipinski definition) is 3. The minimum atomic E-state index is -0.516. The van der Waals surface area contributed by atoms with E-state index in [9.17, 15) is 0 Å². The van der Waals surface area contributed by atoms with E-state index in [-0.39, 0.29) is 0 Å². The normalized spacial score (nSPS) is 11.8. The minimum Gasteiger partial charge on any atom is -0.252 e. The lowest BCUT2D eigenvalue weighted by molar-refractivity contribution is 0.599. The maximum absolute atomic E-state index is 5.51. The highest BCUT2D eigenvalue weighted by atomic mass is 32.1. The highest BCUT2D eigenvalue weighted by molar-refractivity contribution is 7.25. The summed E-state index contributed by atoms with van der Waals surface area (Å²) in [7, 11) is 0. The molecule has 6 aromatic carbocycles. The van der Waals surface area contributed by atoms with Crippen molar-refractivity contribution < 1.29 is 0 Å². The fourth-order valence-electron chi connectivity index (χ4n) is 7.30. The van der Waals surface area contributed by atoms with Gasteiger partial charge in [0.05, 0.1) is 22.8 Å². The van der Waals surface area contributed by atoms with E-state index in [0.717, 1.165) is 39.5 Å². The van der Waals surface area contributed by atoms with Crippen LogP contribution in [0.4, 0.5) is 0 Å². The monoisotopic (exact) mass is 658 g/mol. The van der Waals surface area contributed by atoms with Crippen LogP contribution in [0.2, 0.25) is 0 Å². The zero-order valence-electron chi connectivity index (χ0n) is 28.0. The summed E-state index contributed by atoms with van der Waals surface area (Å²) in [4.78, 5) is 10.8. The first kappa shape index (κ1) is 30.2. The molecule has 0 unspecified atom stereocenters. The Kier molecular flexibility index (Phi) is 7.37. The van der Waals surface area contributed by atoms with Gasteiger partial charge in [0.15, 0.2) is 0 Å². The van der Waals surface area contributed by atoms with Gasteiger partial charge in [-0.3, -0.25) is 9.97 Å². The third-order valence-electron chi connectivity index (χ3n) is 9.90. The lowest BCUT2D eigenvalue weighted by Gasteiger charge is -2.28. The van der Waals surface area contributed by atoms with Crippen molar-refractivity contribution in [3.8, 4) is 44.8 Å². The number of fused-ring (bicyclic) bond motifs is 4. The maximum atomic E-state index is 5.51. The molecule has 0 fully saturated rings. The van der Waals surface area contributed by atoms with Gasteiger partial charge in [0, 0.05) is 42.3 Å². The molecule has 0 aliphatic heterocycles. The standard InChI is InChI=1S/C47H34N2S/c1-47(2,44-25-13-23-40(48-44)31-14-5-3-6-15-31)46-39(28-29-41(49-46)32-16-7-4-8-17-32)38-22-12-19-33-18-11-21-35(45(33)38)34-26-27-37-36-20-9-10-24-42(36)50-43(37)30-34/h3-30H,1-2H3. The molecular weight excluding hydrogens is 625 g/mol. The van der Waals surface area contributed by atoms with Crippen LogP contribution in [0, 0.1) is 0 Å². The van der Waals surface area contributed by atoms with Gasteiger partial charge in [0.25, 0.3) is 0 Å². The van der Waals surface area contributed by atoms with E-state index in [2.05, 4.69) is 178 Å². The molecule has 0 aliphatic carbocycles. The molecule has 9 rings (SSSR count). The lowest BCUT2D eigenvalue weighted by Crippen LogP contribution is -2.24. The molecule has 0 radical (unpaired) electrons. The third kappa shape index (κ3) is 5.19. The molecule has 0 amide bonds. The van der Waals surface area contributed by atoms with Gasteiger partial charge in [-0.2, -0.15) is 0 Å². The number of thiophene rings is 1. The van der Waals surface area contributed by atoms with Crippen molar-refractivity contribution in [3.05, 3.63) is 181 Å². The van der Waals surface area contributed by atoms with E-state index in [1.807, 2.05) is 17.4 Å². The SMILES string of the molecule is CC(C)(c1cccc(-c2ccccc2)n1)c1nc(-c2ccccc2)ccc1-c1cccc2cccc(-c3ccc4c(c3)sc3ccccc34)c12. The Hall–Kier alpha value is -5.90. The molecule has 0 spiro atoms. The molecule has 0 bridgehead atoms. The Morgan fingerprint density at radius 1 is 0.440 bits per heavy atom. The predicted molar refractivity (Wildman–Crippen MR) is 213 cm³/mol. The van der Waals surface area contributed by atoms with E-state index in [1.54, 1.807) is 0 Å². The first-order chi connectivity index (χ1) is 24.5. The average molecular weight is 659 g/mol. The number of benzene rings is 6. The van der Waals surface area contributed by atoms with Crippen LogP contribution in [-0.4, -0.2) is 9.97 Å². The fourth-order valence-corrected chi connectivity index (χ4v) is 8.44. The number of rotatable bonds is 6. The van der Waals surface area contributed by atoms with Crippen molar-refractivity contribution in [3.63, 3.8) is 0 Å². The van der Waals surface area contributed by atoms with Gasteiger partial charge in [0.1, 0.15) is 0 Å². The van der Waals surface area contributed by atoms with Crippen LogP contribution in [-0.2, 0) is 5.41 Å². The van der Waals surface area contributed by atoms with Crippen LogP contribution < -0.4 is 0 Å². The second-order valence-corrected chi connectivity index (χ2v) is 14.5. The molecule has 238 valence electrons. The first-order valence-electron chi connectivity index (χ1n) is 17.1. The van der Waals surface area contributed by atoms with Crippen LogP contribution in [0.1, 0.15) is 25.2 Å². The van der Waals surface area contributed by atoms with Crippen LogP contribution in [0.3, 0.4) is 0 Å². The Morgan fingerprint density at radius 3 is 1.84 bits per heavy atom. The zero-order chi connectivity index (χ0) is 33.7. The van der Waals surface area contributed by atoms with E-state index >= 15 is 0 Å². The summed E-state index contributed by atoms with van der Waals surface area (Å²) < 4.78 is 2.62. The second kappa shape index (κ2) is 12.2. The Balaban J connectivity index is 1.27. The van der Waals surface area contributed by atoms with Gasteiger partial charge in [-0.05, 0) is 71.6 Å². The number of hydrogen-bond donors (Lipinski definition) is 0. The molecular formula is C47H34N2S. The molecule has 0 N–H and O–H groups in total. The molecule has 3 heteroatoms. The maximum Gasteiger partial charge on any atom is 0.0706 e. The summed E-state index contributed by atoms with van der Waals surface area (Å²) in [5.41, 5.74) is 10.3. The smallest absolute Gasteiger partial charge is 0.0706 e. The van der Waals surface area contributed by atoms with Crippen LogP contribution in [0.25, 0.3) is 75.7 Å². The fraction of sp³-hybridized carbons (Fsp3) is 0.0638. The average Bonchev–Trinajstić information content (AvgIpc) is 3.56. The molecule has 3 aromatic heterocycles. The largest absolute Gasteiger partial charge is 0.252 e. The van der Waals surface area contributed by atoms with E-state index < -0.39 is 5.41 Å². The Bertz CT molecular complexity index is 2670. The van der Waals surface area contributed by atoms with Gasteiger partial charge in [-0.15, -0.1) is 11.3 Å². The van der Waals surface area contributed by atoms with Crippen LogP contribution in [0.15, 0.2) is 170 Å². The van der Waals surface area contributed by atoms with E-state index in [4.69, 9.17) is 9.97 Å². The van der Waals surface area contributed by atoms with Gasteiger partial charge < -0.3 is 0 Å². The predicted octanol–water partition coefficient (Wildman–Crippen LogP) is 13.0. The molecule has 2 nitrogen and oxygen atoms in total. The lowest BCUT2D eigenvalue weighted by atomic mass is 9.79. The minimum absolute atomic E-state index is 0.516. The van der Waals surface area contributed by atoms with E-state index in [0.29, 0.717) is 0 Å². The molecule has 3 heterocycles. The Morgan fingerprint density at radius 2 is 1.08 bits per heavy atom. The van der Waals surface area contributed by atoms with Crippen molar-refractivity contribution in [2.45, 2.75) is 19.3 Å². The van der Waals surface area contributed by atoms with Crippen molar-refractivity contribution >= 4 is 42.3 Å². The van der Waals surface area contributed by atoms with E-state index in [1.165, 1.54) is 47.6 Å². The highest BCUT2D eigenvalue weighted by Crippen LogP contribution is 2.44. The van der Waals surface area contributed by atoms with Crippen molar-refractivity contribution in [2.24, 2.45) is 0 Å². The molecule has 0 saturated carbocycles. The van der Waals surface area contributed by atoms with Crippen molar-refractivity contribution in [1.82, 2.24) is 9.97 Å². The Labute approximate surface area is 296 Å². The van der Waals surface area contributed by atoms with Crippen molar-refractivity contribution in [2.75, 3.05) is 0 Å². The molecule has 0 atom stereocenters. The second-order valence-electron chi connectivity index (χ2n) is 13.4. The topological polar surface area (TPSA) is 25.8 Å². The summed E-state index contributed by atoms with van der Waals surface area (Å²) in [5, 5.41) is 5.06. The summed E-state index contributed by atoms with van der Waals surface area (Å²) in [5.74, 6) is 0. The van der Waals surface area contributed by atoms with Gasteiger partial charge in [0.2, 0.25) is 0 Å². The quantitative estimate of drug-likeness (QED) is 0.178. The van der Waals surface area contributed by atoms with Gasteiger partial charge >= 0.3 is 0 Å². The summed E-state index contributed by atoms with van der Waals surface area (Å²) in [6.45, 7) is 4.51. The molecule has 0 saturated heterocycles.